The Morgan fingerprint density at radius 2 is 1.93 bits per heavy atom. The second-order valence-electron chi connectivity index (χ2n) is 6.50. The maximum absolute atomic E-state index is 12.3. The zero-order chi connectivity index (χ0) is 19.7. The number of nitrogens with zero attached hydrogens (tertiary/aromatic N) is 4. The second kappa shape index (κ2) is 7.73. The van der Waals surface area contributed by atoms with Crippen LogP contribution in [0, 0.1) is 20.8 Å². The van der Waals surface area contributed by atoms with E-state index >= 15 is 0 Å². The van der Waals surface area contributed by atoms with Crippen molar-refractivity contribution in [3.8, 4) is 0 Å². The normalized spacial score (nSPS) is 11.1. The fourth-order valence-electron chi connectivity index (χ4n) is 2.84. The van der Waals surface area contributed by atoms with Gasteiger partial charge in [0, 0.05) is 23.7 Å². The first kappa shape index (κ1) is 18.6. The van der Waals surface area contributed by atoms with E-state index in [4.69, 9.17) is 0 Å². The molecular formula is C20H19N5OS2. The molecule has 0 bridgehead atoms. The van der Waals surface area contributed by atoms with E-state index in [0.717, 1.165) is 26.4 Å². The molecule has 3 heterocycles. The van der Waals surface area contributed by atoms with Gasteiger partial charge in [0.15, 0.2) is 4.34 Å². The van der Waals surface area contributed by atoms with Gasteiger partial charge in [0.25, 0.3) is 5.56 Å². The summed E-state index contributed by atoms with van der Waals surface area (Å²) in [6, 6.07) is 11.5. The molecule has 1 aromatic carbocycles. The molecule has 0 saturated heterocycles. The molecule has 0 atom stereocenters. The van der Waals surface area contributed by atoms with E-state index in [-0.39, 0.29) is 5.56 Å². The Labute approximate surface area is 170 Å². The molecule has 28 heavy (non-hydrogen) atoms. The molecule has 3 aromatic heterocycles. The number of hydrogen-bond donors (Lipinski definition) is 1. The van der Waals surface area contributed by atoms with Crippen molar-refractivity contribution < 1.29 is 0 Å². The number of fused-ring (bicyclic) bond motifs is 1. The maximum atomic E-state index is 12.3. The average Bonchev–Trinajstić information content (AvgIpc) is 3.12. The Morgan fingerprint density at radius 3 is 2.79 bits per heavy atom. The summed E-state index contributed by atoms with van der Waals surface area (Å²) in [5.41, 5.74) is 5.80. The van der Waals surface area contributed by atoms with Gasteiger partial charge in [0.2, 0.25) is 5.13 Å². The van der Waals surface area contributed by atoms with Crippen LogP contribution in [0.15, 0.2) is 51.7 Å². The Hall–Kier alpha value is -2.71. The lowest BCUT2D eigenvalue weighted by Gasteiger charge is -2.08. The molecule has 6 nitrogen and oxygen atoms in total. The SMILES string of the molecule is Cc1cccc(Nc2nnc(SCc3cc(=O)n4cccc(C)c4n3)s2)c1C. The van der Waals surface area contributed by atoms with Crippen molar-refractivity contribution in [1.82, 2.24) is 19.6 Å². The highest BCUT2D eigenvalue weighted by Crippen LogP contribution is 2.30. The van der Waals surface area contributed by atoms with Crippen molar-refractivity contribution in [3.63, 3.8) is 0 Å². The van der Waals surface area contributed by atoms with Crippen LogP contribution in [0.3, 0.4) is 0 Å². The summed E-state index contributed by atoms with van der Waals surface area (Å²) in [4.78, 5) is 16.9. The van der Waals surface area contributed by atoms with E-state index in [2.05, 4.69) is 40.4 Å². The molecule has 0 fully saturated rings. The average molecular weight is 410 g/mol. The Balaban J connectivity index is 1.49. The molecule has 0 spiro atoms. The predicted molar refractivity (Wildman–Crippen MR) is 115 cm³/mol. The minimum absolute atomic E-state index is 0.0705. The standard InChI is InChI=1S/C20H19N5OS2/c1-12-6-4-8-16(14(12)3)22-19-23-24-20(28-19)27-11-15-10-17(26)25-9-5-7-13(2)18(25)21-15/h4-10H,11H2,1-3H3,(H,22,23). The van der Waals surface area contributed by atoms with Gasteiger partial charge in [-0.3, -0.25) is 9.20 Å². The summed E-state index contributed by atoms with van der Waals surface area (Å²) in [5, 5.41) is 12.5. The lowest BCUT2D eigenvalue weighted by molar-refractivity contribution is 0.994. The number of rotatable bonds is 5. The van der Waals surface area contributed by atoms with Crippen LogP contribution < -0.4 is 10.9 Å². The van der Waals surface area contributed by atoms with Gasteiger partial charge in [0.05, 0.1) is 5.69 Å². The van der Waals surface area contributed by atoms with Crippen LogP contribution in [0.25, 0.3) is 5.65 Å². The Bertz CT molecular complexity index is 1210. The number of thioether (sulfide) groups is 1. The number of aromatic nitrogens is 4. The van der Waals surface area contributed by atoms with Crippen LogP contribution in [0.4, 0.5) is 10.8 Å². The molecule has 0 amide bonds. The van der Waals surface area contributed by atoms with Crippen LogP contribution in [-0.2, 0) is 5.75 Å². The fourth-order valence-corrected chi connectivity index (χ4v) is 4.50. The van der Waals surface area contributed by atoms with E-state index in [9.17, 15) is 4.79 Å². The highest BCUT2D eigenvalue weighted by molar-refractivity contribution is 8.00. The highest BCUT2D eigenvalue weighted by atomic mass is 32.2. The van der Waals surface area contributed by atoms with Gasteiger partial charge in [-0.05, 0) is 49.6 Å². The monoisotopic (exact) mass is 409 g/mol. The molecule has 4 rings (SSSR count). The molecule has 8 heteroatoms. The van der Waals surface area contributed by atoms with Crippen LogP contribution in [0.2, 0.25) is 0 Å². The highest BCUT2D eigenvalue weighted by Gasteiger charge is 2.10. The molecule has 0 saturated carbocycles. The largest absolute Gasteiger partial charge is 0.330 e. The minimum Gasteiger partial charge on any atom is -0.330 e. The lowest BCUT2D eigenvalue weighted by Crippen LogP contribution is -2.15. The quantitative estimate of drug-likeness (QED) is 0.489. The summed E-state index contributed by atoms with van der Waals surface area (Å²) in [6.07, 6.45) is 1.74. The van der Waals surface area contributed by atoms with E-state index < -0.39 is 0 Å². The number of hydrogen-bond acceptors (Lipinski definition) is 7. The zero-order valence-corrected chi connectivity index (χ0v) is 17.4. The van der Waals surface area contributed by atoms with Crippen molar-refractivity contribution in [3.05, 3.63) is 75.3 Å². The first-order valence-corrected chi connectivity index (χ1v) is 10.6. The molecule has 4 aromatic rings. The summed E-state index contributed by atoms with van der Waals surface area (Å²) >= 11 is 3.02. The molecular weight excluding hydrogens is 390 g/mol. The van der Waals surface area contributed by atoms with E-state index in [0.29, 0.717) is 11.4 Å². The summed E-state index contributed by atoms with van der Waals surface area (Å²) in [6.45, 7) is 6.12. The van der Waals surface area contributed by atoms with Gasteiger partial charge >= 0.3 is 0 Å². The summed E-state index contributed by atoms with van der Waals surface area (Å²) < 4.78 is 2.40. The predicted octanol–water partition coefficient (Wildman–Crippen LogP) is 4.51. The van der Waals surface area contributed by atoms with Gasteiger partial charge in [-0.1, -0.05) is 41.3 Å². The van der Waals surface area contributed by atoms with Crippen LogP contribution in [-0.4, -0.2) is 19.6 Å². The molecule has 0 aliphatic carbocycles. The van der Waals surface area contributed by atoms with Crippen molar-refractivity contribution >= 4 is 39.6 Å². The summed E-state index contributed by atoms with van der Waals surface area (Å²) in [7, 11) is 0. The van der Waals surface area contributed by atoms with Gasteiger partial charge in [0.1, 0.15) is 5.65 Å². The molecule has 0 unspecified atom stereocenters. The van der Waals surface area contributed by atoms with E-state index in [1.165, 1.54) is 34.2 Å². The first-order chi connectivity index (χ1) is 13.5. The van der Waals surface area contributed by atoms with Crippen molar-refractivity contribution in [2.45, 2.75) is 30.9 Å². The second-order valence-corrected chi connectivity index (χ2v) is 8.70. The van der Waals surface area contributed by atoms with Gasteiger partial charge in [-0.15, -0.1) is 10.2 Å². The van der Waals surface area contributed by atoms with Crippen molar-refractivity contribution in [2.24, 2.45) is 0 Å². The minimum atomic E-state index is -0.0705. The van der Waals surface area contributed by atoms with Crippen molar-refractivity contribution in [1.29, 1.82) is 0 Å². The van der Waals surface area contributed by atoms with E-state index in [1.54, 1.807) is 16.7 Å². The fraction of sp³-hybridized carbons (Fsp3) is 0.200. The smallest absolute Gasteiger partial charge is 0.258 e. The first-order valence-electron chi connectivity index (χ1n) is 8.79. The van der Waals surface area contributed by atoms with Crippen LogP contribution >= 0.6 is 23.1 Å². The molecule has 0 aliphatic heterocycles. The Morgan fingerprint density at radius 1 is 1.11 bits per heavy atom. The maximum Gasteiger partial charge on any atom is 0.258 e. The number of aryl methyl sites for hydroxylation is 2. The third kappa shape index (κ3) is 3.79. The van der Waals surface area contributed by atoms with Gasteiger partial charge in [-0.25, -0.2) is 4.98 Å². The molecule has 0 aliphatic rings. The molecule has 142 valence electrons. The topological polar surface area (TPSA) is 72.2 Å². The van der Waals surface area contributed by atoms with Gasteiger partial charge < -0.3 is 5.32 Å². The van der Waals surface area contributed by atoms with Crippen LogP contribution in [0.5, 0.6) is 0 Å². The third-order valence-corrected chi connectivity index (χ3v) is 6.54. The number of pyridine rings is 1. The number of anilines is 2. The number of benzene rings is 1. The number of nitrogens with one attached hydrogen (secondary N) is 1. The van der Waals surface area contributed by atoms with Gasteiger partial charge in [-0.2, -0.15) is 0 Å². The van der Waals surface area contributed by atoms with E-state index in [1.807, 2.05) is 31.2 Å². The molecule has 0 radical (unpaired) electrons. The lowest BCUT2D eigenvalue weighted by atomic mass is 10.1. The zero-order valence-electron chi connectivity index (χ0n) is 15.8. The molecule has 1 N–H and O–H groups in total. The third-order valence-electron chi connectivity index (χ3n) is 4.54. The Kier molecular flexibility index (Phi) is 5.15. The van der Waals surface area contributed by atoms with Crippen LogP contribution in [0.1, 0.15) is 22.4 Å². The van der Waals surface area contributed by atoms with Crippen molar-refractivity contribution in [2.75, 3.05) is 5.32 Å². The summed E-state index contributed by atoms with van der Waals surface area (Å²) in [5.74, 6) is 0.568.